The molecule has 1 aromatic carbocycles. The van der Waals surface area contributed by atoms with E-state index in [1.165, 1.54) is 24.3 Å². The van der Waals surface area contributed by atoms with Crippen LogP contribution in [0.1, 0.15) is 17.8 Å². The van der Waals surface area contributed by atoms with E-state index in [0.717, 1.165) is 0 Å². The Balaban J connectivity index is 0.00000169. The van der Waals surface area contributed by atoms with Crippen LogP contribution in [0.5, 0.6) is 0 Å². The number of ketones is 1. The van der Waals surface area contributed by atoms with E-state index in [9.17, 15) is 9.59 Å². The van der Waals surface area contributed by atoms with E-state index >= 15 is 0 Å². The molecule has 5 heteroatoms. The highest BCUT2D eigenvalue weighted by atomic mass is 16.2. The van der Waals surface area contributed by atoms with Crippen LogP contribution in [-0.4, -0.2) is 12.1 Å². The second-order valence-electron chi connectivity index (χ2n) is 2.22. The quantitative estimate of drug-likeness (QED) is 0.184. The number of nitrogens with zero attached hydrogens (tertiary/aromatic N) is 3. The molecule has 0 heterocycles. The van der Waals surface area contributed by atoms with Gasteiger partial charge in [0.2, 0.25) is 5.78 Å². The molecule has 72 valence electrons. The molecule has 1 aromatic rings. The summed E-state index contributed by atoms with van der Waals surface area (Å²) in [6.45, 7) is 0. The summed E-state index contributed by atoms with van der Waals surface area (Å²) in [5.41, 5.74) is 8.77. The molecular weight excluding hydrogens is 182 g/mol. The second kappa shape index (κ2) is 5.50. The van der Waals surface area contributed by atoms with Gasteiger partial charge in [-0.25, -0.2) is 0 Å². The molecule has 5 nitrogen and oxygen atoms in total. The van der Waals surface area contributed by atoms with Crippen molar-refractivity contribution in [1.82, 2.24) is 0 Å². The van der Waals surface area contributed by atoms with Gasteiger partial charge < -0.3 is 0 Å². The highest BCUT2D eigenvalue weighted by molar-refractivity contribution is 6.33. The fraction of sp³-hybridized carbons (Fsp3) is 0.111. The summed E-state index contributed by atoms with van der Waals surface area (Å²) in [4.78, 5) is 23.5. The Morgan fingerprint density at radius 1 is 1.36 bits per heavy atom. The molecule has 0 saturated heterocycles. The van der Waals surface area contributed by atoms with Crippen molar-refractivity contribution in [3.05, 3.63) is 40.3 Å². The summed E-state index contributed by atoms with van der Waals surface area (Å²) in [7, 11) is 0. The van der Waals surface area contributed by atoms with Crippen LogP contribution >= 0.6 is 0 Å². The molecule has 0 spiro atoms. The molecule has 0 fully saturated rings. The zero-order chi connectivity index (χ0) is 9.68. The van der Waals surface area contributed by atoms with Crippen molar-refractivity contribution in [3.63, 3.8) is 0 Å². The van der Waals surface area contributed by atoms with Crippen molar-refractivity contribution in [2.75, 3.05) is 0 Å². The lowest BCUT2D eigenvalue weighted by Gasteiger charge is -1.93. The van der Waals surface area contributed by atoms with Crippen LogP contribution in [0.2, 0.25) is 0 Å². The highest BCUT2D eigenvalue weighted by Crippen LogP contribution is 2.12. The lowest BCUT2D eigenvalue weighted by molar-refractivity contribution is -0.104. The molecule has 14 heavy (non-hydrogen) atoms. The number of hydrogen-bond donors (Lipinski definition) is 0. The summed E-state index contributed by atoms with van der Waals surface area (Å²) in [5.74, 6) is -0.590. The molecule has 0 aliphatic rings. The first kappa shape index (κ1) is 11.9. The number of carbonyl (C=O) groups excluding carboxylic acids is 2. The summed E-state index contributed by atoms with van der Waals surface area (Å²) in [6, 6.07) is 5.80. The van der Waals surface area contributed by atoms with Gasteiger partial charge >= 0.3 is 0 Å². The van der Waals surface area contributed by atoms with Crippen molar-refractivity contribution in [1.29, 1.82) is 0 Å². The molecule has 0 aromatic heterocycles. The van der Waals surface area contributed by atoms with Crippen molar-refractivity contribution in [2.24, 2.45) is 5.11 Å². The van der Waals surface area contributed by atoms with Crippen molar-refractivity contribution < 1.29 is 9.59 Å². The van der Waals surface area contributed by atoms with Gasteiger partial charge in [0.15, 0.2) is 6.29 Å². The number of azide groups is 1. The molecule has 1 rings (SSSR count). The van der Waals surface area contributed by atoms with Crippen LogP contribution in [0.3, 0.4) is 0 Å². The SMILES string of the molecule is C.[N-]=[N+]=Nc1ccc(C(=O)C=O)cc1. The molecule has 0 amide bonds. The van der Waals surface area contributed by atoms with Gasteiger partial charge in [0.1, 0.15) is 0 Å². The molecule has 0 aliphatic carbocycles. The smallest absolute Gasteiger partial charge is 0.225 e. The first-order chi connectivity index (χ1) is 6.27. The van der Waals surface area contributed by atoms with Gasteiger partial charge in [-0.2, -0.15) is 0 Å². The summed E-state index contributed by atoms with van der Waals surface area (Å²) >= 11 is 0. The number of aldehydes is 1. The Kier molecular flexibility index (Phi) is 4.67. The largest absolute Gasteiger partial charge is 0.294 e. The Morgan fingerprint density at radius 3 is 2.36 bits per heavy atom. The molecule has 0 atom stereocenters. The lowest BCUT2D eigenvalue weighted by atomic mass is 10.1. The average Bonchev–Trinajstić information content (AvgIpc) is 2.18. The maximum Gasteiger partial charge on any atom is 0.225 e. The maximum absolute atomic E-state index is 10.8. The molecule has 0 N–H and O–H groups in total. The number of benzene rings is 1. The third-order valence-corrected chi connectivity index (χ3v) is 1.42. The third-order valence-electron chi connectivity index (χ3n) is 1.42. The van der Waals surface area contributed by atoms with E-state index in [1.807, 2.05) is 0 Å². The number of rotatable bonds is 3. The van der Waals surface area contributed by atoms with Gasteiger partial charge in [-0.1, -0.05) is 36.8 Å². The summed E-state index contributed by atoms with van der Waals surface area (Å²) in [6.07, 6.45) is 0.239. The van der Waals surface area contributed by atoms with Gasteiger partial charge in [0.25, 0.3) is 0 Å². The van der Waals surface area contributed by atoms with Gasteiger partial charge in [-0.3, -0.25) is 9.59 Å². The third kappa shape index (κ3) is 2.73. The fourth-order valence-corrected chi connectivity index (χ4v) is 0.812. The van der Waals surface area contributed by atoms with Gasteiger partial charge in [-0.05, 0) is 5.53 Å². The van der Waals surface area contributed by atoms with Crippen molar-refractivity contribution in [2.45, 2.75) is 7.43 Å². The maximum atomic E-state index is 10.8. The van der Waals surface area contributed by atoms with Crippen molar-refractivity contribution >= 4 is 17.8 Å². The first-order valence-electron chi connectivity index (χ1n) is 3.42. The lowest BCUT2D eigenvalue weighted by Crippen LogP contribution is -1.98. The van der Waals surface area contributed by atoms with E-state index in [4.69, 9.17) is 5.53 Å². The zero-order valence-corrected chi connectivity index (χ0v) is 6.54. The van der Waals surface area contributed by atoms with Crippen LogP contribution in [0, 0.1) is 0 Å². The van der Waals surface area contributed by atoms with Gasteiger partial charge in [-0.15, -0.1) is 0 Å². The minimum absolute atomic E-state index is 0. The monoisotopic (exact) mass is 191 g/mol. The molecule has 0 bridgehead atoms. The van der Waals surface area contributed by atoms with Crippen LogP contribution in [-0.2, 0) is 4.79 Å². The van der Waals surface area contributed by atoms with Gasteiger partial charge in [0, 0.05) is 16.2 Å². The summed E-state index contributed by atoms with van der Waals surface area (Å²) < 4.78 is 0. The van der Waals surface area contributed by atoms with E-state index in [0.29, 0.717) is 5.69 Å². The first-order valence-corrected chi connectivity index (χ1v) is 3.42. The van der Waals surface area contributed by atoms with Gasteiger partial charge in [0.05, 0.1) is 0 Å². The predicted molar refractivity (Wildman–Crippen MR) is 52.4 cm³/mol. The van der Waals surface area contributed by atoms with E-state index < -0.39 is 5.78 Å². The number of hydrogen-bond acceptors (Lipinski definition) is 3. The molecule has 0 aliphatic heterocycles. The Labute approximate surface area is 81.0 Å². The predicted octanol–water partition coefficient (Wildman–Crippen LogP) is 2.65. The normalized spacial score (nSPS) is 8.00. The minimum atomic E-state index is -0.590. The standard InChI is InChI=1S/C8H5N3O2.CH4/c9-11-10-7-3-1-6(2-4-7)8(13)5-12;/h1-5H;1H4. The highest BCUT2D eigenvalue weighted by Gasteiger charge is 2.01. The Morgan fingerprint density at radius 2 is 1.93 bits per heavy atom. The Hall–Kier alpha value is -2.13. The summed E-state index contributed by atoms with van der Waals surface area (Å²) in [5, 5.41) is 3.31. The zero-order valence-electron chi connectivity index (χ0n) is 6.54. The number of Topliss-reactive ketones (excluding diaryl/α,β-unsaturated/α-hetero) is 1. The Bertz CT molecular complexity index is 378. The van der Waals surface area contributed by atoms with E-state index in [-0.39, 0.29) is 19.3 Å². The number of carbonyl (C=O) groups is 2. The van der Waals surface area contributed by atoms with E-state index in [1.54, 1.807) is 0 Å². The van der Waals surface area contributed by atoms with Crippen LogP contribution < -0.4 is 0 Å². The van der Waals surface area contributed by atoms with Crippen LogP contribution in [0.4, 0.5) is 5.69 Å². The fourth-order valence-electron chi connectivity index (χ4n) is 0.812. The second-order valence-corrected chi connectivity index (χ2v) is 2.22. The molecule has 0 unspecified atom stereocenters. The van der Waals surface area contributed by atoms with Crippen LogP contribution in [0.25, 0.3) is 10.4 Å². The van der Waals surface area contributed by atoms with Crippen molar-refractivity contribution in [3.8, 4) is 0 Å². The molecule has 0 saturated carbocycles. The molecular formula is C9H9N3O2. The average molecular weight is 191 g/mol. The molecule has 0 radical (unpaired) electrons. The van der Waals surface area contributed by atoms with Crippen LogP contribution in [0.15, 0.2) is 29.4 Å². The topological polar surface area (TPSA) is 82.9 Å². The van der Waals surface area contributed by atoms with E-state index in [2.05, 4.69) is 10.0 Å². The minimum Gasteiger partial charge on any atom is -0.294 e.